The summed E-state index contributed by atoms with van der Waals surface area (Å²) in [5.41, 5.74) is 1.76. The van der Waals surface area contributed by atoms with Gasteiger partial charge in [-0.1, -0.05) is 60.7 Å². The second-order valence-corrected chi connectivity index (χ2v) is 6.41. The molecule has 3 rings (SSSR count). The molecule has 0 heterocycles. The Kier molecular flexibility index (Phi) is 6.08. The molecule has 1 amide bonds. The van der Waals surface area contributed by atoms with Crippen LogP contribution in [-0.2, 0) is 4.79 Å². The van der Waals surface area contributed by atoms with Crippen LogP contribution in [-0.4, -0.2) is 12.5 Å². The minimum Gasteiger partial charge on any atom is -0.493 e. The molecule has 0 bridgehead atoms. The zero-order chi connectivity index (χ0) is 19.9. The van der Waals surface area contributed by atoms with Crippen molar-refractivity contribution in [3.8, 4) is 11.8 Å². The van der Waals surface area contributed by atoms with Crippen molar-refractivity contribution in [1.82, 2.24) is 5.32 Å². The Hall–Kier alpha value is -3.58. The average molecular weight is 370 g/mol. The first-order valence-electron chi connectivity index (χ1n) is 9.26. The van der Waals surface area contributed by atoms with E-state index in [0.717, 1.165) is 21.9 Å². The third-order valence-electron chi connectivity index (χ3n) is 4.53. The van der Waals surface area contributed by atoms with Gasteiger partial charge in [-0.25, -0.2) is 0 Å². The van der Waals surface area contributed by atoms with Crippen LogP contribution in [0.25, 0.3) is 16.8 Å². The van der Waals surface area contributed by atoms with E-state index in [1.807, 2.05) is 86.6 Å². The van der Waals surface area contributed by atoms with Gasteiger partial charge in [0, 0.05) is 5.56 Å². The smallest absolute Gasteiger partial charge is 0.262 e. The first kappa shape index (κ1) is 19.2. The van der Waals surface area contributed by atoms with Crippen LogP contribution in [0, 0.1) is 11.3 Å². The first-order chi connectivity index (χ1) is 13.6. The molecule has 0 aliphatic heterocycles. The van der Waals surface area contributed by atoms with Crippen LogP contribution in [0.4, 0.5) is 0 Å². The SMILES string of the molecule is CCOc1ccc2ccccc2c1/C=C(\C#N)C(=O)N[C@@H](C)c1ccccc1. The molecule has 0 aliphatic carbocycles. The molecule has 1 N–H and O–H groups in total. The number of carbonyl (C=O) groups is 1. The summed E-state index contributed by atoms with van der Waals surface area (Å²) in [7, 11) is 0. The maximum absolute atomic E-state index is 12.7. The van der Waals surface area contributed by atoms with E-state index >= 15 is 0 Å². The monoisotopic (exact) mass is 370 g/mol. The Morgan fingerprint density at radius 3 is 2.54 bits per heavy atom. The minimum atomic E-state index is -0.408. The number of amides is 1. The highest BCUT2D eigenvalue weighted by atomic mass is 16.5. The lowest BCUT2D eigenvalue weighted by Crippen LogP contribution is -2.27. The van der Waals surface area contributed by atoms with E-state index in [2.05, 4.69) is 5.32 Å². The molecule has 4 heteroatoms. The Morgan fingerprint density at radius 2 is 1.82 bits per heavy atom. The van der Waals surface area contributed by atoms with E-state index in [-0.39, 0.29) is 11.6 Å². The topological polar surface area (TPSA) is 62.1 Å². The minimum absolute atomic E-state index is 0.0417. The molecule has 0 saturated heterocycles. The van der Waals surface area contributed by atoms with Crippen molar-refractivity contribution < 1.29 is 9.53 Å². The number of rotatable bonds is 6. The second kappa shape index (κ2) is 8.88. The quantitative estimate of drug-likeness (QED) is 0.489. The summed E-state index contributed by atoms with van der Waals surface area (Å²) in [5.74, 6) is 0.243. The highest BCUT2D eigenvalue weighted by Crippen LogP contribution is 2.30. The van der Waals surface area contributed by atoms with Crippen LogP contribution >= 0.6 is 0 Å². The van der Waals surface area contributed by atoms with E-state index in [9.17, 15) is 10.1 Å². The van der Waals surface area contributed by atoms with Gasteiger partial charge in [-0.3, -0.25) is 4.79 Å². The van der Waals surface area contributed by atoms with E-state index in [0.29, 0.717) is 12.4 Å². The standard InChI is InChI=1S/C24H22N2O2/c1-3-28-23-14-13-19-11-7-8-12-21(19)22(23)15-20(16-25)24(27)26-17(2)18-9-5-4-6-10-18/h4-15,17H,3H2,1-2H3,(H,26,27)/b20-15+/t17-/m0/s1. The van der Waals surface area contributed by atoms with Gasteiger partial charge in [-0.2, -0.15) is 5.26 Å². The molecule has 1 atom stereocenters. The lowest BCUT2D eigenvalue weighted by Gasteiger charge is -2.14. The summed E-state index contributed by atoms with van der Waals surface area (Å²) in [6, 6.07) is 23.2. The first-order valence-corrected chi connectivity index (χ1v) is 9.26. The number of fused-ring (bicyclic) bond motifs is 1. The van der Waals surface area contributed by atoms with Crippen LogP contribution in [0.1, 0.15) is 31.0 Å². The van der Waals surface area contributed by atoms with Crippen LogP contribution < -0.4 is 10.1 Å². The summed E-state index contributed by atoms with van der Waals surface area (Å²) in [5, 5.41) is 14.5. The molecule has 0 spiro atoms. The van der Waals surface area contributed by atoms with Gasteiger partial charge in [0.25, 0.3) is 5.91 Å². The predicted octanol–water partition coefficient (Wildman–Crippen LogP) is 5.02. The molecule has 0 saturated carbocycles. The van der Waals surface area contributed by atoms with Gasteiger partial charge in [0.15, 0.2) is 0 Å². The number of hydrogen-bond acceptors (Lipinski definition) is 3. The third kappa shape index (κ3) is 4.21. The number of nitriles is 1. The molecule has 3 aromatic carbocycles. The fourth-order valence-corrected chi connectivity index (χ4v) is 3.10. The molecule has 28 heavy (non-hydrogen) atoms. The Labute approximate surface area is 165 Å². The van der Waals surface area contributed by atoms with Gasteiger partial charge >= 0.3 is 0 Å². The Balaban J connectivity index is 1.97. The number of nitrogens with one attached hydrogen (secondary N) is 1. The molecule has 140 valence electrons. The fraction of sp³-hybridized carbons (Fsp3) is 0.167. The molecule has 0 aromatic heterocycles. The van der Waals surface area contributed by atoms with Gasteiger partial charge in [0.2, 0.25) is 0 Å². The maximum atomic E-state index is 12.7. The van der Waals surface area contributed by atoms with Crippen LogP contribution in [0.5, 0.6) is 5.75 Å². The Bertz CT molecular complexity index is 1050. The zero-order valence-electron chi connectivity index (χ0n) is 16.0. The maximum Gasteiger partial charge on any atom is 0.262 e. The highest BCUT2D eigenvalue weighted by molar-refractivity contribution is 6.05. The molecular weight excluding hydrogens is 348 g/mol. The van der Waals surface area contributed by atoms with Crippen molar-refractivity contribution in [3.63, 3.8) is 0 Å². The normalized spacial score (nSPS) is 12.2. The van der Waals surface area contributed by atoms with Crippen molar-refractivity contribution in [3.05, 3.63) is 83.4 Å². The number of hydrogen-bond donors (Lipinski definition) is 1. The summed E-state index contributed by atoms with van der Waals surface area (Å²) >= 11 is 0. The van der Waals surface area contributed by atoms with Gasteiger partial charge in [0.05, 0.1) is 12.6 Å². The van der Waals surface area contributed by atoms with Gasteiger partial charge in [0.1, 0.15) is 17.4 Å². The van der Waals surface area contributed by atoms with Crippen molar-refractivity contribution in [2.45, 2.75) is 19.9 Å². The molecule has 0 fully saturated rings. The molecular formula is C24H22N2O2. The fourth-order valence-electron chi connectivity index (χ4n) is 3.10. The second-order valence-electron chi connectivity index (χ2n) is 6.41. The van der Waals surface area contributed by atoms with Gasteiger partial charge < -0.3 is 10.1 Å². The van der Waals surface area contributed by atoms with E-state index in [4.69, 9.17) is 4.74 Å². The van der Waals surface area contributed by atoms with Crippen LogP contribution in [0.2, 0.25) is 0 Å². The van der Waals surface area contributed by atoms with E-state index < -0.39 is 5.91 Å². The van der Waals surface area contributed by atoms with E-state index in [1.165, 1.54) is 0 Å². The molecule has 0 radical (unpaired) electrons. The lowest BCUT2D eigenvalue weighted by molar-refractivity contribution is -0.117. The largest absolute Gasteiger partial charge is 0.493 e. The molecule has 0 aliphatic rings. The summed E-state index contributed by atoms with van der Waals surface area (Å²) < 4.78 is 5.73. The van der Waals surface area contributed by atoms with Crippen molar-refractivity contribution in [2.24, 2.45) is 0 Å². The van der Waals surface area contributed by atoms with Gasteiger partial charge in [-0.05, 0) is 42.3 Å². The lowest BCUT2D eigenvalue weighted by atomic mass is 10.0. The number of benzene rings is 3. The van der Waals surface area contributed by atoms with Crippen molar-refractivity contribution >= 4 is 22.8 Å². The van der Waals surface area contributed by atoms with Crippen LogP contribution in [0.15, 0.2) is 72.3 Å². The highest BCUT2D eigenvalue weighted by Gasteiger charge is 2.16. The summed E-state index contributed by atoms with van der Waals surface area (Å²) in [6.07, 6.45) is 1.61. The number of nitrogens with zero attached hydrogens (tertiary/aromatic N) is 1. The average Bonchev–Trinajstić information content (AvgIpc) is 2.73. The van der Waals surface area contributed by atoms with Crippen LogP contribution in [0.3, 0.4) is 0 Å². The molecule has 0 unspecified atom stereocenters. The zero-order valence-corrected chi connectivity index (χ0v) is 16.0. The molecule has 3 aromatic rings. The third-order valence-corrected chi connectivity index (χ3v) is 4.53. The van der Waals surface area contributed by atoms with Crippen molar-refractivity contribution in [2.75, 3.05) is 6.61 Å². The summed E-state index contributed by atoms with van der Waals surface area (Å²) in [4.78, 5) is 12.7. The van der Waals surface area contributed by atoms with Gasteiger partial charge in [-0.15, -0.1) is 0 Å². The number of carbonyl (C=O) groups excluding carboxylic acids is 1. The Morgan fingerprint density at radius 1 is 1.11 bits per heavy atom. The van der Waals surface area contributed by atoms with E-state index in [1.54, 1.807) is 6.08 Å². The summed E-state index contributed by atoms with van der Waals surface area (Å²) in [6.45, 7) is 4.30. The van der Waals surface area contributed by atoms with Crippen molar-refractivity contribution in [1.29, 1.82) is 5.26 Å². The predicted molar refractivity (Wildman–Crippen MR) is 112 cm³/mol. The molecule has 4 nitrogen and oxygen atoms in total. The number of ether oxygens (including phenoxy) is 1.